The van der Waals surface area contributed by atoms with Crippen LogP contribution in [0.25, 0.3) is 27.6 Å². The van der Waals surface area contributed by atoms with Gasteiger partial charge in [0.05, 0.1) is 6.10 Å². The van der Waals surface area contributed by atoms with Gasteiger partial charge in [0, 0.05) is 49.7 Å². The van der Waals surface area contributed by atoms with Crippen molar-refractivity contribution in [2.24, 2.45) is 13.0 Å². The number of rotatable bonds is 6. The second-order valence-electron chi connectivity index (χ2n) is 11.2. The van der Waals surface area contributed by atoms with Crippen LogP contribution in [0, 0.1) is 17.2 Å². The molecule has 1 aromatic heterocycles. The van der Waals surface area contributed by atoms with Crippen LogP contribution in [0.4, 0.5) is 5.69 Å². The van der Waals surface area contributed by atoms with Crippen LogP contribution < -0.4 is 10.2 Å². The van der Waals surface area contributed by atoms with Crippen molar-refractivity contribution < 1.29 is 24.9 Å². The lowest BCUT2D eigenvalue weighted by atomic mass is 9.92. The number of hydrogen-bond donors (Lipinski definition) is 4. The summed E-state index contributed by atoms with van der Waals surface area (Å²) in [4.78, 5) is 15.4. The summed E-state index contributed by atoms with van der Waals surface area (Å²) < 4.78 is 7.32. The number of hydrogen-bond acceptors (Lipinski definition) is 7. The van der Waals surface area contributed by atoms with E-state index in [1.807, 2.05) is 29.8 Å². The number of fused-ring (bicyclic) bond motifs is 1. The molecule has 0 spiro atoms. The first kappa shape index (κ1) is 28.8. The minimum Gasteiger partial charge on any atom is -0.390 e. The summed E-state index contributed by atoms with van der Waals surface area (Å²) in [7, 11) is 1.90. The van der Waals surface area contributed by atoms with Crippen LogP contribution in [0.2, 0.25) is 0 Å². The van der Waals surface area contributed by atoms with Crippen molar-refractivity contribution in [3.05, 3.63) is 59.8 Å². The highest BCUT2D eigenvalue weighted by Crippen LogP contribution is 2.31. The number of aliphatic hydroxyl groups is 3. The number of allylic oxidation sites excluding steroid dienone is 1. The molecule has 0 aliphatic carbocycles. The average Bonchev–Trinajstić information content (AvgIpc) is 3.38. The molecule has 9 nitrogen and oxygen atoms in total. The number of nitrogens with zero attached hydrogens (tertiary/aromatic N) is 3. The Bertz CT molecular complexity index is 1500. The SMILES string of the molecule is C/C(=C(/C#N)C(=O)NC[C@H]1OC(O)[C@H](C)[C@@H](O)[C@@H]1O)c1ccc(-c2ccc3cc(N4CCCCC4)ccc3c2)n1C. The van der Waals surface area contributed by atoms with E-state index in [4.69, 9.17) is 4.74 Å². The quantitative estimate of drug-likeness (QED) is 0.270. The first-order valence-corrected chi connectivity index (χ1v) is 14.2. The van der Waals surface area contributed by atoms with E-state index in [2.05, 4.69) is 46.6 Å². The van der Waals surface area contributed by atoms with Crippen LogP contribution >= 0.6 is 0 Å². The lowest BCUT2D eigenvalue weighted by molar-refractivity contribution is -0.258. The third-order valence-corrected chi connectivity index (χ3v) is 8.56. The summed E-state index contributed by atoms with van der Waals surface area (Å²) >= 11 is 0. The summed E-state index contributed by atoms with van der Waals surface area (Å²) in [5, 5.41) is 45.2. The van der Waals surface area contributed by atoms with Crippen molar-refractivity contribution in [1.82, 2.24) is 9.88 Å². The molecule has 5 atom stereocenters. The molecule has 9 heteroatoms. The molecule has 2 fully saturated rings. The fourth-order valence-corrected chi connectivity index (χ4v) is 5.89. The standard InChI is InChI=1S/C32H38N4O5/c1-19(25(17-33)31(39)34-18-28-30(38)29(37)20(2)32(40)41-28)26-11-12-27(35(26)3)23-8-7-22-16-24(10-9-21(22)15-23)36-13-5-4-6-14-36/h7-12,15-16,20,28-30,32,37-38,40H,4-6,13-14,18H2,1-3H3,(H,34,39)/b25-19+/t20-,28-,29-,30-,32?/m1/s1. The third-order valence-electron chi connectivity index (χ3n) is 8.56. The Hall–Kier alpha value is -3.68. The molecule has 0 radical (unpaired) electrons. The number of anilines is 1. The van der Waals surface area contributed by atoms with E-state index in [1.165, 1.54) is 30.3 Å². The number of piperidine rings is 1. The van der Waals surface area contributed by atoms with E-state index in [1.54, 1.807) is 13.8 Å². The number of nitrogens with one attached hydrogen (secondary N) is 1. The van der Waals surface area contributed by atoms with Crippen molar-refractivity contribution in [2.45, 2.75) is 57.7 Å². The van der Waals surface area contributed by atoms with E-state index in [0.29, 0.717) is 5.57 Å². The molecule has 5 rings (SSSR count). The first-order chi connectivity index (χ1) is 19.7. The predicted octanol–water partition coefficient (Wildman–Crippen LogP) is 3.32. The van der Waals surface area contributed by atoms with E-state index in [-0.39, 0.29) is 12.1 Å². The zero-order valence-corrected chi connectivity index (χ0v) is 23.7. The molecular weight excluding hydrogens is 520 g/mol. The molecule has 41 heavy (non-hydrogen) atoms. The maximum atomic E-state index is 13.0. The van der Waals surface area contributed by atoms with Crippen molar-refractivity contribution in [3.63, 3.8) is 0 Å². The number of ether oxygens (including phenoxy) is 1. The Balaban J connectivity index is 1.34. The van der Waals surface area contributed by atoms with Crippen molar-refractivity contribution in [3.8, 4) is 17.3 Å². The highest BCUT2D eigenvalue weighted by Gasteiger charge is 2.41. The van der Waals surface area contributed by atoms with Gasteiger partial charge in [0.1, 0.15) is 23.9 Å². The second kappa shape index (κ2) is 12.0. The molecule has 4 N–H and O–H groups in total. The number of nitriles is 1. The largest absolute Gasteiger partial charge is 0.390 e. The van der Waals surface area contributed by atoms with E-state index in [9.17, 15) is 25.4 Å². The second-order valence-corrected chi connectivity index (χ2v) is 11.2. The Morgan fingerprint density at radius 1 is 1.02 bits per heavy atom. The summed E-state index contributed by atoms with van der Waals surface area (Å²) in [5.74, 6) is -1.29. The number of benzene rings is 2. The van der Waals surface area contributed by atoms with Crippen LogP contribution in [-0.4, -0.2) is 70.0 Å². The van der Waals surface area contributed by atoms with Crippen LogP contribution in [0.1, 0.15) is 38.8 Å². The Labute approximate surface area is 240 Å². The summed E-state index contributed by atoms with van der Waals surface area (Å²) in [6.45, 7) is 5.32. The van der Waals surface area contributed by atoms with Gasteiger partial charge >= 0.3 is 0 Å². The molecule has 3 heterocycles. The van der Waals surface area contributed by atoms with Gasteiger partial charge in [0.25, 0.3) is 5.91 Å². The molecule has 2 aliphatic heterocycles. The Kier molecular flexibility index (Phi) is 8.47. The van der Waals surface area contributed by atoms with Crippen LogP contribution in [0.3, 0.4) is 0 Å². The number of carbonyl (C=O) groups excluding carboxylic acids is 1. The maximum absolute atomic E-state index is 13.0. The number of aliphatic hydroxyl groups excluding tert-OH is 3. The number of aromatic nitrogens is 1. The topological polar surface area (TPSA) is 131 Å². The van der Waals surface area contributed by atoms with E-state index < -0.39 is 36.4 Å². The molecule has 2 saturated heterocycles. The monoisotopic (exact) mass is 558 g/mol. The minimum atomic E-state index is -1.28. The maximum Gasteiger partial charge on any atom is 0.262 e. The van der Waals surface area contributed by atoms with Crippen LogP contribution in [-0.2, 0) is 16.6 Å². The molecule has 2 aromatic carbocycles. The lowest BCUT2D eigenvalue weighted by Crippen LogP contribution is -2.56. The van der Waals surface area contributed by atoms with Crippen molar-refractivity contribution in [2.75, 3.05) is 24.5 Å². The van der Waals surface area contributed by atoms with Crippen molar-refractivity contribution >= 4 is 27.9 Å². The Morgan fingerprint density at radius 3 is 2.46 bits per heavy atom. The fourth-order valence-electron chi connectivity index (χ4n) is 5.89. The molecule has 2 aliphatic rings. The summed E-state index contributed by atoms with van der Waals surface area (Å²) in [6, 6.07) is 18.9. The van der Waals surface area contributed by atoms with Crippen molar-refractivity contribution in [1.29, 1.82) is 5.26 Å². The van der Waals surface area contributed by atoms with Gasteiger partial charge in [0.15, 0.2) is 6.29 Å². The first-order valence-electron chi connectivity index (χ1n) is 14.2. The Morgan fingerprint density at radius 2 is 1.73 bits per heavy atom. The highest BCUT2D eigenvalue weighted by atomic mass is 16.6. The molecule has 0 bridgehead atoms. The van der Waals surface area contributed by atoms with Crippen LogP contribution in [0.15, 0.2) is 54.1 Å². The predicted molar refractivity (Wildman–Crippen MR) is 158 cm³/mol. The van der Waals surface area contributed by atoms with Gasteiger partial charge in [-0.15, -0.1) is 0 Å². The van der Waals surface area contributed by atoms with Crippen LogP contribution in [0.5, 0.6) is 0 Å². The average molecular weight is 559 g/mol. The van der Waals surface area contributed by atoms with Gasteiger partial charge in [-0.05, 0) is 78.4 Å². The molecule has 216 valence electrons. The summed E-state index contributed by atoms with van der Waals surface area (Å²) in [5.41, 5.74) is 4.41. The van der Waals surface area contributed by atoms with Gasteiger partial charge in [-0.25, -0.2) is 0 Å². The molecule has 1 unspecified atom stereocenters. The normalized spacial score (nSPS) is 25.5. The van der Waals surface area contributed by atoms with Gasteiger partial charge in [0.2, 0.25) is 0 Å². The van der Waals surface area contributed by atoms with E-state index in [0.717, 1.165) is 35.4 Å². The highest BCUT2D eigenvalue weighted by molar-refractivity contribution is 6.04. The van der Waals surface area contributed by atoms with Gasteiger partial charge in [-0.2, -0.15) is 5.26 Å². The zero-order valence-electron chi connectivity index (χ0n) is 23.7. The van der Waals surface area contributed by atoms with Gasteiger partial charge in [-0.3, -0.25) is 4.79 Å². The van der Waals surface area contributed by atoms with E-state index >= 15 is 0 Å². The number of carbonyl (C=O) groups is 1. The zero-order chi connectivity index (χ0) is 29.3. The minimum absolute atomic E-state index is 0.0683. The summed E-state index contributed by atoms with van der Waals surface area (Å²) in [6.07, 6.45) is -0.971. The number of amides is 1. The molecule has 1 amide bonds. The smallest absolute Gasteiger partial charge is 0.262 e. The fraction of sp³-hybridized carbons (Fsp3) is 0.438. The molecular formula is C32H38N4O5. The molecule has 3 aromatic rings. The van der Waals surface area contributed by atoms with Gasteiger partial charge < -0.3 is 34.8 Å². The lowest BCUT2D eigenvalue weighted by Gasteiger charge is -2.39. The molecule has 0 saturated carbocycles. The van der Waals surface area contributed by atoms with Gasteiger partial charge in [-0.1, -0.05) is 25.1 Å². The third kappa shape index (κ3) is 5.74.